The molecule has 166 valence electrons. The zero-order valence-electron chi connectivity index (χ0n) is 18.2. The Morgan fingerprint density at radius 1 is 1.12 bits per heavy atom. The topological polar surface area (TPSA) is 65.9 Å². The number of aryl methyl sites for hydroxylation is 1. The monoisotopic (exact) mass is 451 g/mol. The van der Waals surface area contributed by atoms with Crippen LogP contribution < -0.4 is 15.0 Å². The second-order valence-corrected chi connectivity index (χ2v) is 8.39. The number of benzene rings is 2. The Hall–Kier alpha value is -3.17. The molecular weight excluding hydrogens is 426 g/mol. The molecule has 3 heterocycles. The molecule has 0 saturated heterocycles. The van der Waals surface area contributed by atoms with Gasteiger partial charge in [-0.15, -0.1) is 5.10 Å². The van der Waals surface area contributed by atoms with Gasteiger partial charge in [0.15, 0.2) is 11.5 Å². The Bertz CT molecular complexity index is 1420. The first-order chi connectivity index (χ1) is 15.6. The molecule has 0 atom stereocenters. The quantitative estimate of drug-likeness (QED) is 0.419. The number of hydrogen-bond donors (Lipinski definition) is 0. The minimum Gasteiger partial charge on any atom is -0.486 e. The molecule has 0 spiro atoms. The third-order valence-corrected chi connectivity index (χ3v) is 5.96. The van der Waals surface area contributed by atoms with Gasteiger partial charge in [-0.25, -0.2) is 4.68 Å². The molecule has 0 unspecified atom stereocenters. The van der Waals surface area contributed by atoms with Gasteiger partial charge in [0.25, 0.3) is 5.56 Å². The van der Waals surface area contributed by atoms with Crippen LogP contribution in [0.5, 0.6) is 11.5 Å². The molecule has 32 heavy (non-hydrogen) atoms. The van der Waals surface area contributed by atoms with E-state index in [1.54, 1.807) is 9.25 Å². The van der Waals surface area contributed by atoms with Gasteiger partial charge in [-0.2, -0.15) is 0 Å². The second kappa shape index (κ2) is 8.40. The van der Waals surface area contributed by atoms with Gasteiger partial charge in [-0.3, -0.25) is 18.7 Å². The van der Waals surface area contributed by atoms with Crippen LogP contribution in [0.2, 0.25) is 0 Å². The Labute approximate surface area is 190 Å². The molecule has 2 aromatic carbocycles. The molecule has 9 heteroatoms. The maximum Gasteiger partial charge on any atom is 0.262 e. The molecule has 4 aromatic rings. The van der Waals surface area contributed by atoms with Crippen LogP contribution >= 0.6 is 12.2 Å². The van der Waals surface area contributed by atoms with Crippen molar-refractivity contribution in [2.24, 2.45) is 0 Å². The Morgan fingerprint density at radius 2 is 1.91 bits per heavy atom. The van der Waals surface area contributed by atoms with Crippen molar-refractivity contribution in [2.75, 3.05) is 20.3 Å². The summed E-state index contributed by atoms with van der Waals surface area (Å²) in [5.74, 6) is 2.14. The number of rotatable bonds is 6. The smallest absolute Gasteiger partial charge is 0.262 e. The number of fused-ring (bicyclic) bond motifs is 4. The first-order valence-electron chi connectivity index (χ1n) is 10.7. The van der Waals surface area contributed by atoms with Gasteiger partial charge in [0.1, 0.15) is 13.2 Å². The van der Waals surface area contributed by atoms with Crippen LogP contribution in [0.15, 0.2) is 47.3 Å². The van der Waals surface area contributed by atoms with Crippen molar-refractivity contribution in [1.82, 2.24) is 23.6 Å². The van der Waals surface area contributed by atoms with Gasteiger partial charge in [0.05, 0.1) is 17.6 Å². The van der Waals surface area contributed by atoms with Gasteiger partial charge in [-0.05, 0) is 55.5 Å². The van der Waals surface area contributed by atoms with E-state index in [4.69, 9.17) is 26.8 Å². The third-order valence-electron chi connectivity index (χ3n) is 5.57. The highest BCUT2D eigenvalue weighted by atomic mass is 32.1. The van der Waals surface area contributed by atoms with E-state index in [2.05, 4.69) is 4.90 Å². The number of aromatic nitrogens is 4. The van der Waals surface area contributed by atoms with Gasteiger partial charge in [0.2, 0.25) is 10.5 Å². The zero-order chi connectivity index (χ0) is 22.2. The highest BCUT2D eigenvalue weighted by Crippen LogP contribution is 2.31. The molecule has 8 nitrogen and oxygen atoms in total. The lowest BCUT2D eigenvalue weighted by atomic mass is 10.2. The lowest BCUT2D eigenvalue weighted by Gasteiger charge is -2.21. The van der Waals surface area contributed by atoms with E-state index >= 15 is 0 Å². The fourth-order valence-corrected chi connectivity index (χ4v) is 4.44. The number of ether oxygens (including phenoxy) is 2. The molecular formula is C23H25N5O3S. The van der Waals surface area contributed by atoms with Gasteiger partial charge < -0.3 is 9.47 Å². The average molecular weight is 452 g/mol. The molecule has 2 aromatic heterocycles. The first kappa shape index (κ1) is 20.7. The first-order valence-corrected chi connectivity index (χ1v) is 11.2. The SMILES string of the molecule is CCCn1c(=O)c2ccccc2n2c(=S)n(CN(C)Cc3ccc4c(c3)OCCO4)nc12. The molecule has 0 radical (unpaired) electrons. The molecule has 0 aliphatic carbocycles. The zero-order valence-corrected chi connectivity index (χ0v) is 19.0. The minimum absolute atomic E-state index is 0.0354. The lowest BCUT2D eigenvalue weighted by Crippen LogP contribution is -2.23. The van der Waals surface area contributed by atoms with Crippen LogP contribution in [0.1, 0.15) is 18.9 Å². The van der Waals surface area contributed by atoms with Crippen molar-refractivity contribution in [3.05, 3.63) is 63.2 Å². The normalized spacial score (nSPS) is 13.3. The van der Waals surface area contributed by atoms with E-state index in [9.17, 15) is 4.79 Å². The molecule has 0 saturated carbocycles. The molecule has 0 amide bonds. The van der Waals surface area contributed by atoms with Crippen molar-refractivity contribution >= 4 is 28.9 Å². The van der Waals surface area contributed by atoms with Crippen molar-refractivity contribution in [2.45, 2.75) is 33.1 Å². The van der Waals surface area contributed by atoms with Crippen molar-refractivity contribution in [1.29, 1.82) is 0 Å². The van der Waals surface area contributed by atoms with Gasteiger partial charge in [0, 0.05) is 13.1 Å². The van der Waals surface area contributed by atoms with Crippen LogP contribution in [0.3, 0.4) is 0 Å². The summed E-state index contributed by atoms with van der Waals surface area (Å²) in [6.45, 7) is 4.96. The maximum atomic E-state index is 13.1. The summed E-state index contributed by atoms with van der Waals surface area (Å²) in [5.41, 5.74) is 1.86. The van der Waals surface area contributed by atoms with Crippen LogP contribution in [0, 0.1) is 4.77 Å². The molecule has 0 fully saturated rings. The molecule has 0 N–H and O–H groups in total. The Kier molecular flexibility index (Phi) is 5.44. The van der Waals surface area contributed by atoms with E-state index < -0.39 is 0 Å². The van der Waals surface area contributed by atoms with E-state index in [0.29, 0.717) is 48.9 Å². The van der Waals surface area contributed by atoms with E-state index in [-0.39, 0.29) is 5.56 Å². The van der Waals surface area contributed by atoms with E-state index in [0.717, 1.165) is 29.0 Å². The summed E-state index contributed by atoms with van der Waals surface area (Å²) >= 11 is 5.79. The van der Waals surface area contributed by atoms with Crippen LogP contribution in [0.25, 0.3) is 16.7 Å². The number of para-hydroxylation sites is 1. The molecule has 0 bridgehead atoms. The predicted octanol–water partition coefficient (Wildman–Crippen LogP) is 3.45. The summed E-state index contributed by atoms with van der Waals surface area (Å²) in [4.78, 5) is 15.2. The third kappa shape index (κ3) is 3.57. The predicted molar refractivity (Wildman–Crippen MR) is 125 cm³/mol. The average Bonchev–Trinajstić information content (AvgIpc) is 3.12. The lowest BCUT2D eigenvalue weighted by molar-refractivity contribution is 0.171. The van der Waals surface area contributed by atoms with Crippen molar-refractivity contribution in [3.63, 3.8) is 0 Å². The maximum absolute atomic E-state index is 13.1. The van der Waals surface area contributed by atoms with E-state index in [1.807, 2.05) is 60.8 Å². The summed E-state index contributed by atoms with van der Waals surface area (Å²) in [6, 6.07) is 13.6. The fraction of sp³-hybridized carbons (Fsp3) is 0.348. The molecule has 1 aliphatic rings. The van der Waals surface area contributed by atoms with Crippen LogP contribution in [0.4, 0.5) is 0 Å². The molecule has 1 aliphatic heterocycles. The number of hydrogen-bond acceptors (Lipinski definition) is 6. The Morgan fingerprint density at radius 3 is 2.72 bits per heavy atom. The summed E-state index contributed by atoms with van der Waals surface area (Å²) in [7, 11) is 2.01. The summed E-state index contributed by atoms with van der Waals surface area (Å²) in [6.07, 6.45) is 0.831. The van der Waals surface area contributed by atoms with Crippen molar-refractivity contribution < 1.29 is 9.47 Å². The van der Waals surface area contributed by atoms with Gasteiger partial charge >= 0.3 is 0 Å². The second-order valence-electron chi connectivity index (χ2n) is 8.03. The van der Waals surface area contributed by atoms with Gasteiger partial charge in [-0.1, -0.05) is 25.1 Å². The molecule has 5 rings (SSSR count). The summed E-state index contributed by atoms with van der Waals surface area (Å²) < 4.78 is 17.3. The van der Waals surface area contributed by atoms with Crippen molar-refractivity contribution in [3.8, 4) is 11.5 Å². The number of nitrogens with zero attached hydrogens (tertiary/aromatic N) is 5. The highest BCUT2D eigenvalue weighted by molar-refractivity contribution is 7.71. The largest absolute Gasteiger partial charge is 0.486 e. The summed E-state index contributed by atoms with van der Waals surface area (Å²) in [5, 5.41) is 5.39. The standard InChI is InChI=1S/C23H25N5O3S/c1-3-10-26-21(29)17-6-4-5-7-18(17)28-22(26)24-27(23(28)32)15-25(2)14-16-8-9-19-20(13-16)31-12-11-30-19/h4-9,13H,3,10-12,14-15H2,1-2H3. The van der Waals surface area contributed by atoms with Crippen LogP contribution in [-0.2, 0) is 19.8 Å². The highest BCUT2D eigenvalue weighted by Gasteiger charge is 2.17. The fourth-order valence-electron chi connectivity index (χ4n) is 4.16. The minimum atomic E-state index is -0.0354. The van der Waals surface area contributed by atoms with Crippen LogP contribution in [-0.4, -0.2) is 43.9 Å². The van der Waals surface area contributed by atoms with E-state index in [1.165, 1.54) is 0 Å². The Balaban J connectivity index is 1.50.